The summed E-state index contributed by atoms with van der Waals surface area (Å²) < 4.78 is 0. The van der Waals surface area contributed by atoms with Gasteiger partial charge in [-0.1, -0.05) is 46.3 Å². The fraction of sp³-hybridized carbons (Fsp3) is 0.417. The van der Waals surface area contributed by atoms with Crippen molar-refractivity contribution >= 4 is 21.8 Å². The van der Waals surface area contributed by atoms with Crippen LogP contribution < -0.4 is 5.32 Å². The summed E-state index contributed by atoms with van der Waals surface area (Å²) in [4.78, 5) is 11.3. The van der Waals surface area contributed by atoms with E-state index in [2.05, 4.69) is 33.4 Å². The Hall–Kier alpha value is -0.830. The van der Waals surface area contributed by atoms with Crippen molar-refractivity contribution in [1.29, 1.82) is 0 Å². The maximum absolute atomic E-state index is 11.3. The molecular formula is C12H16BrNO. The molecule has 1 aromatic rings. The lowest BCUT2D eigenvalue weighted by Gasteiger charge is -2.04. The third-order valence-electron chi connectivity index (χ3n) is 2.12. The number of alkyl halides is 1. The monoisotopic (exact) mass is 269 g/mol. The van der Waals surface area contributed by atoms with Crippen molar-refractivity contribution in [2.45, 2.75) is 19.3 Å². The molecule has 0 atom stereocenters. The van der Waals surface area contributed by atoms with Gasteiger partial charge in [0.25, 0.3) is 0 Å². The van der Waals surface area contributed by atoms with Crippen molar-refractivity contribution in [3.05, 3.63) is 35.9 Å². The van der Waals surface area contributed by atoms with E-state index in [9.17, 15) is 4.79 Å². The molecule has 0 aliphatic carbocycles. The van der Waals surface area contributed by atoms with Crippen molar-refractivity contribution in [3.8, 4) is 0 Å². The van der Waals surface area contributed by atoms with Crippen LogP contribution in [0, 0.1) is 0 Å². The molecule has 0 bridgehead atoms. The van der Waals surface area contributed by atoms with E-state index < -0.39 is 0 Å². The Bertz CT molecular complexity index is 287. The fourth-order valence-corrected chi connectivity index (χ4v) is 1.59. The largest absolute Gasteiger partial charge is 0.356 e. The van der Waals surface area contributed by atoms with E-state index in [1.54, 1.807) is 0 Å². The van der Waals surface area contributed by atoms with Crippen LogP contribution >= 0.6 is 15.9 Å². The summed E-state index contributed by atoms with van der Waals surface area (Å²) in [5.41, 5.74) is 1.26. The van der Waals surface area contributed by atoms with Gasteiger partial charge in [0.1, 0.15) is 0 Å². The van der Waals surface area contributed by atoms with E-state index in [0.29, 0.717) is 6.42 Å². The number of hydrogen-bond donors (Lipinski definition) is 1. The summed E-state index contributed by atoms with van der Waals surface area (Å²) in [7, 11) is 0. The second-order valence-corrected chi connectivity index (χ2v) is 4.17. The highest BCUT2D eigenvalue weighted by Crippen LogP contribution is 1.98. The second kappa shape index (κ2) is 7.46. The maximum Gasteiger partial charge on any atom is 0.220 e. The molecule has 1 amide bonds. The molecule has 2 nitrogen and oxygen atoms in total. The molecule has 0 saturated heterocycles. The normalized spacial score (nSPS) is 9.93. The van der Waals surface area contributed by atoms with Crippen LogP contribution in [0.3, 0.4) is 0 Å². The molecule has 0 fully saturated rings. The molecule has 0 aromatic heterocycles. The second-order valence-electron chi connectivity index (χ2n) is 3.38. The highest BCUT2D eigenvalue weighted by molar-refractivity contribution is 9.09. The molecular weight excluding hydrogens is 254 g/mol. The van der Waals surface area contributed by atoms with Crippen molar-refractivity contribution in [2.24, 2.45) is 0 Å². The van der Waals surface area contributed by atoms with Crippen LogP contribution in [-0.2, 0) is 11.2 Å². The van der Waals surface area contributed by atoms with Crippen LogP contribution in [0.1, 0.15) is 18.4 Å². The summed E-state index contributed by atoms with van der Waals surface area (Å²) in [6.45, 7) is 0.727. The predicted octanol–water partition coefficient (Wildman–Crippen LogP) is 2.52. The van der Waals surface area contributed by atoms with Crippen LogP contribution in [0.25, 0.3) is 0 Å². The van der Waals surface area contributed by atoms with E-state index in [-0.39, 0.29) is 5.91 Å². The van der Waals surface area contributed by atoms with Gasteiger partial charge in [-0.2, -0.15) is 0 Å². The summed E-state index contributed by atoms with van der Waals surface area (Å²) in [5.74, 6) is 0.144. The number of carbonyl (C=O) groups is 1. The lowest BCUT2D eigenvalue weighted by molar-refractivity contribution is -0.121. The molecule has 1 N–H and O–H groups in total. The van der Waals surface area contributed by atoms with Crippen LogP contribution in [0.2, 0.25) is 0 Å². The number of nitrogens with one attached hydrogen (secondary N) is 1. The number of amides is 1. The van der Waals surface area contributed by atoms with Crippen molar-refractivity contribution in [3.63, 3.8) is 0 Å². The van der Waals surface area contributed by atoms with Gasteiger partial charge in [-0.25, -0.2) is 0 Å². The third-order valence-corrected chi connectivity index (χ3v) is 2.68. The molecule has 0 heterocycles. The van der Waals surface area contributed by atoms with E-state index in [1.807, 2.05) is 18.2 Å². The average molecular weight is 270 g/mol. The molecule has 0 aliphatic rings. The molecule has 0 aliphatic heterocycles. The molecule has 82 valence electrons. The standard InChI is InChI=1S/C12H16BrNO/c13-9-4-7-12(15)14-10-8-11-5-2-1-3-6-11/h1-3,5-6H,4,7-10H2,(H,14,15). The van der Waals surface area contributed by atoms with E-state index >= 15 is 0 Å². The first-order chi connectivity index (χ1) is 7.33. The highest BCUT2D eigenvalue weighted by Gasteiger charge is 1.99. The Morgan fingerprint density at radius 1 is 1.27 bits per heavy atom. The summed E-state index contributed by atoms with van der Waals surface area (Å²) >= 11 is 3.30. The molecule has 0 saturated carbocycles. The smallest absolute Gasteiger partial charge is 0.220 e. The van der Waals surface area contributed by atoms with Crippen LogP contribution in [0.5, 0.6) is 0 Å². The first-order valence-corrected chi connectivity index (χ1v) is 6.31. The molecule has 15 heavy (non-hydrogen) atoms. The SMILES string of the molecule is O=C(CCCBr)NCCc1ccccc1. The lowest BCUT2D eigenvalue weighted by Crippen LogP contribution is -2.25. The Morgan fingerprint density at radius 2 is 2.00 bits per heavy atom. The molecule has 1 rings (SSSR count). The Kier molecular flexibility index (Phi) is 6.09. The minimum Gasteiger partial charge on any atom is -0.356 e. The number of rotatable bonds is 6. The van der Waals surface area contributed by atoms with Gasteiger partial charge in [-0.15, -0.1) is 0 Å². The number of carbonyl (C=O) groups excluding carboxylic acids is 1. The summed E-state index contributed by atoms with van der Waals surface area (Å²) in [5, 5.41) is 3.79. The Labute approximate surface area is 99.2 Å². The third kappa shape index (κ3) is 5.57. The van der Waals surface area contributed by atoms with Gasteiger partial charge in [-0.05, 0) is 18.4 Å². The highest BCUT2D eigenvalue weighted by atomic mass is 79.9. The zero-order chi connectivity index (χ0) is 10.9. The molecule has 0 spiro atoms. The average Bonchev–Trinajstić information content (AvgIpc) is 2.28. The van der Waals surface area contributed by atoms with Crippen molar-refractivity contribution in [1.82, 2.24) is 5.32 Å². The van der Waals surface area contributed by atoms with Crippen molar-refractivity contribution in [2.75, 3.05) is 11.9 Å². The summed E-state index contributed by atoms with van der Waals surface area (Å²) in [6, 6.07) is 10.2. The van der Waals surface area contributed by atoms with Gasteiger partial charge in [0.15, 0.2) is 0 Å². The van der Waals surface area contributed by atoms with E-state index in [4.69, 9.17) is 0 Å². The predicted molar refractivity (Wildman–Crippen MR) is 66.2 cm³/mol. The summed E-state index contributed by atoms with van der Waals surface area (Å²) in [6.07, 6.45) is 2.41. The van der Waals surface area contributed by atoms with Gasteiger partial charge in [-0.3, -0.25) is 4.79 Å². The van der Waals surface area contributed by atoms with Gasteiger partial charge in [0.05, 0.1) is 0 Å². The minimum atomic E-state index is 0.144. The van der Waals surface area contributed by atoms with Gasteiger partial charge >= 0.3 is 0 Å². The van der Waals surface area contributed by atoms with E-state index in [1.165, 1.54) is 5.56 Å². The first-order valence-electron chi connectivity index (χ1n) is 5.19. The Morgan fingerprint density at radius 3 is 2.67 bits per heavy atom. The molecule has 0 radical (unpaired) electrons. The molecule has 3 heteroatoms. The topological polar surface area (TPSA) is 29.1 Å². The molecule has 0 unspecified atom stereocenters. The number of hydrogen-bond acceptors (Lipinski definition) is 1. The minimum absolute atomic E-state index is 0.144. The quantitative estimate of drug-likeness (QED) is 0.791. The Balaban J connectivity index is 2.14. The number of halogens is 1. The van der Waals surface area contributed by atoms with E-state index in [0.717, 1.165) is 24.7 Å². The van der Waals surface area contributed by atoms with Crippen LogP contribution in [0.4, 0.5) is 0 Å². The zero-order valence-electron chi connectivity index (χ0n) is 8.71. The lowest BCUT2D eigenvalue weighted by atomic mass is 10.1. The number of benzene rings is 1. The van der Waals surface area contributed by atoms with Gasteiger partial charge in [0, 0.05) is 18.3 Å². The molecule has 1 aromatic carbocycles. The zero-order valence-corrected chi connectivity index (χ0v) is 10.3. The van der Waals surface area contributed by atoms with Crippen LogP contribution in [-0.4, -0.2) is 17.8 Å². The first kappa shape index (κ1) is 12.2. The van der Waals surface area contributed by atoms with Crippen LogP contribution in [0.15, 0.2) is 30.3 Å². The fourth-order valence-electron chi connectivity index (χ4n) is 1.31. The van der Waals surface area contributed by atoms with Gasteiger partial charge < -0.3 is 5.32 Å². The van der Waals surface area contributed by atoms with Gasteiger partial charge in [0.2, 0.25) is 5.91 Å². The van der Waals surface area contributed by atoms with Crippen molar-refractivity contribution < 1.29 is 4.79 Å². The maximum atomic E-state index is 11.3.